The first-order valence-electron chi connectivity index (χ1n) is 7.13. The van der Waals surface area contributed by atoms with Crippen molar-refractivity contribution in [3.8, 4) is 0 Å². The van der Waals surface area contributed by atoms with Crippen LogP contribution in [0.15, 0.2) is 12.4 Å². The van der Waals surface area contributed by atoms with E-state index in [-0.39, 0.29) is 11.8 Å². The fourth-order valence-corrected chi connectivity index (χ4v) is 1.73. The molecule has 3 N–H and O–H groups in total. The number of carbonyl (C=O) groups is 2. The highest BCUT2D eigenvalue weighted by Crippen LogP contribution is 2.18. The zero-order chi connectivity index (χ0) is 17.0. The van der Waals surface area contributed by atoms with Gasteiger partial charge in [0.2, 0.25) is 0 Å². The molecule has 0 aromatic carbocycles. The highest BCUT2D eigenvalue weighted by Gasteiger charge is 2.22. The predicted octanol–water partition coefficient (Wildman–Crippen LogP) is 2.54. The van der Waals surface area contributed by atoms with Crippen LogP contribution >= 0.6 is 0 Å². The Balaban J connectivity index is 2.60. The molecule has 0 atom stereocenters. The van der Waals surface area contributed by atoms with Crippen molar-refractivity contribution in [1.29, 1.82) is 0 Å². The van der Waals surface area contributed by atoms with Gasteiger partial charge in [0, 0.05) is 17.4 Å². The van der Waals surface area contributed by atoms with Gasteiger partial charge in [0.05, 0.1) is 18.1 Å². The second-order valence-electron chi connectivity index (χ2n) is 6.90. The van der Waals surface area contributed by atoms with Gasteiger partial charge < -0.3 is 15.7 Å². The molecule has 1 aromatic heterocycles. The molecule has 2 amide bonds. The van der Waals surface area contributed by atoms with Gasteiger partial charge in [-0.15, -0.1) is 0 Å². The third-order valence-electron chi connectivity index (χ3n) is 3.00. The van der Waals surface area contributed by atoms with Crippen molar-refractivity contribution in [1.82, 2.24) is 15.3 Å². The number of aromatic nitrogens is 2. The van der Waals surface area contributed by atoms with E-state index >= 15 is 0 Å². The lowest BCUT2D eigenvalue weighted by molar-refractivity contribution is -0.137. The molecule has 0 aliphatic rings. The molecule has 1 rings (SSSR count). The largest absolute Gasteiger partial charge is 0.481 e. The predicted molar refractivity (Wildman–Crippen MR) is 83.8 cm³/mol. The van der Waals surface area contributed by atoms with Gasteiger partial charge in [-0.1, -0.05) is 20.8 Å². The third-order valence-corrected chi connectivity index (χ3v) is 3.00. The highest BCUT2D eigenvalue weighted by atomic mass is 16.4. The summed E-state index contributed by atoms with van der Waals surface area (Å²) in [4.78, 5) is 31.0. The minimum absolute atomic E-state index is 0.00330. The first-order chi connectivity index (χ1) is 9.99. The van der Waals surface area contributed by atoms with Crippen LogP contribution in [0.2, 0.25) is 0 Å². The maximum absolute atomic E-state index is 11.9. The van der Waals surface area contributed by atoms with E-state index < -0.39 is 17.5 Å². The summed E-state index contributed by atoms with van der Waals surface area (Å²) in [7, 11) is 0. The minimum atomic E-state index is -0.888. The number of nitrogens with one attached hydrogen (secondary N) is 2. The van der Waals surface area contributed by atoms with Crippen LogP contribution in [0.3, 0.4) is 0 Å². The third kappa shape index (κ3) is 6.07. The highest BCUT2D eigenvalue weighted by molar-refractivity contribution is 5.89. The fourth-order valence-electron chi connectivity index (χ4n) is 1.73. The summed E-state index contributed by atoms with van der Waals surface area (Å²) in [6.07, 6.45) is 3.45. The summed E-state index contributed by atoms with van der Waals surface area (Å²) >= 11 is 0. The molecule has 0 aliphatic heterocycles. The number of hydrogen-bond donors (Lipinski definition) is 3. The van der Waals surface area contributed by atoms with E-state index in [1.807, 2.05) is 20.8 Å². The SMILES string of the molecule is CC(C)(CCC(=O)O)NC(=O)Nc1cnc(C(C)(C)C)nc1. The molecule has 0 fully saturated rings. The molecule has 0 saturated carbocycles. The van der Waals surface area contributed by atoms with Gasteiger partial charge in [0.1, 0.15) is 5.82 Å². The number of anilines is 1. The Bertz CT molecular complexity index is 533. The molecular formula is C15H24N4O3. The zero-order valence-electron chi connectivity index (χ0n) is 13.7. The van der Waals surface area contributed by atoms with Crippen LogP contribution in [0.4, 0.5) is 10.5 Å². The lowest BCUT2D eigenvalue weighted by Gasteiger charge is -2.25. The van der Waals surface area contributed by atoms with Crippen molar-refractivity contribution >= 4 is 17.7 Å². The summed E-state index contributed by atoms with van der Waals surface area (Å²) in [6.45, 7) is 9.57. The van der Waals surface area contributed by atoms with E-state index in [4.69, 9.17) is 5.11 Å². The number of nitrogens with zero attached hydrogens (tertiary/aromatic N) is 2. The Labute approximate surface area is 130 Å². The van der Waals surface area contributed by atoms with E-state index in [0.29, 0.717) is 17.9 Å². The Morgan fingerprint density at radius 3 is 2.14 bits per heavy atom. The quantitative estimate of drug-likeness (QED) is 0.775. The first kappa shape index (κ1) is 17.9. The number of amides is 2. The second kappa shape index (κ2) is 6.72. The maximum atomic E-state index is 11.9. The van der Waals surface area contributed by atoms with Crippen molar-refractivity contribution < 1.29 is 14.7 Å². The molecule has 7 nitrogen and oxygen atoms in total. The van der Waals surface area contributed by atoms with Crippen LogP contribution in [0.1, 0.15) is 53.3 Å². The monoisotopic (exact) mass is 308 g/mol. The van der Waals surface area contributed by atoms with Crippen LogP contribution in [0.5, 0.6) is 0 Å². The van der Waals surface area contributed by atoms with Crippen LogP contribution in [-0.4, -0.2) is 32.6 Å². The molecule has 0 aliphatic carbocycles. The zero-order valence-corrected chi connectivity index (χ0v) is 13.7. The molecule has 0 unspecified atom stereocenters. The average Bonchev–Trinajstić information content (AvgIpc) is 2.35. The molecule has 1 aromatic rings. The standard InChI is InChI=1S/C15H24N4O3/c1-14(2,3)12-16-8-10(9-17-12)18-13(22)19-15(4,5)7-6-11(20)21/h8-9H,6-7H2,1-5H3,(H,20,21)(H2,18,19,22). The summed E-state index contributed by atoms with van der Waals surface area (Å²) in [5.74, 6) is -0.193. The fraction of sp³-hybridized carbons (Fsp3) is 0.600. The van der Waals surface area contributed by atoms with Gasteiger partial charge in [0.15, 0.2) is 0 Å². The average molecular weight is 308 g/mol. The Kier molecular flexibility index (Phi) is 5.46. The minimum Gasteiger partial charge on any atom is -0.481 e. The molecule has 0 bridgehead atoms. The van der Waals surface area contributed by atoms with Crippen molar-refractivity contribution in [3.63, 3.8) is 0 Å². The molecule has 122 valence electrons. The number of carbonyl (C=O) groups excluding carboxylic acids is 1. The Morgan fingerprint density at radius 1 is 1.14 bits per heavy atom. The lowest BCUT2D eigenvalue weighted by atomic mass is 9.96. The van der Waals surface area contributed by atoms with Gasteiger partial charge in [-0.3, -0.25) is 4.79 Å². The Morgan fingerprint density at radius 2 is 1.68 bits per heavy atom. The number of rotatable bonds is 5. The smallest absolute Gasteiger partial charge is 0.319 e. The molecule has 0 saturated heterocycles. The van der Waals surface area contributed by atoms with Crippen LogP contribution in [0, 0.1) is 0 Å². The van der Waals surface area contributed by atoms with Gasteiger partial charge in [-0.25, -0.2) is 14.8 Å². The number of urea groups is 1. The summed E-state index contributed by atoms with van der Waals surface area (Å²) in [5.41, 5.74) is -0.284. The molecular weight excluding hydrogens is 284 g/mol. The van der Waals surface area contributed by atoms with Gasteiger partial charge in [-0.2, -0.15) is 0 Å². The van der Waals surface area contributed by atoms with Gasteiger partial charge >= 0.3 is 12.0 Å². The molecule has 22 heavy (non-hydrogen) atoms. The van der Waals surface area contributed by atoms with Crippen LogP contribution in [-0.2, 0) is 10.2 Å². The van der Waals surface area contributed by atoms with Crippen LogP contribution in [0.25, 0.3) is 0 Å². The summed E-state index contributed by atoms with van der Waals surface area (Å²) in [5, 5.41) is 14.1. The molecule has 0 spiro atoms. The summed E-state index contributed by atoms with van der Waals surface area (Å²) < 4.78 is 0. The molecule has 7 heteroatoms. The van der Waals surface area contributed by atoms with Gasteiger partial charge in [0.25, 0.3) is 0 Å². The van der Waals surface area contributed by atoms with Crippen LogP contribution < -0.4 is 10.6 Å². The van der Waals surface area contributed by atoms with E-state index in [1.54, 1.807) is 26.2 Å². The normalized spacial score (nSPS) is 11.9. The Hall–Kier alpha value is -2.18. The van der Waals surface area contributed by atoms with Gasteiger partial charge in [-0.05, 0) is 20.3 Å². The van der Waals surface area contributed by atoms with Crippen molar-refractivity contribution in [2.75, 3.05) is 5.32 Å². The molecule has 0 radical (unpaired) electrons. The molecule has 1 heterocycles. The number of carboxylic acids is 1. The van der Waals surface area contributed by atoms with E-state index in [2.05, 4.69) is 20.6 Å². The number of aliphatic carboxylic acids is 1. The number of carboxylic acid groups (broad SMARTS) is 1. The van der Waals surface area contributed by atoms with E-state index in [0.717, 1.165) is 0 Å². The van der Waals surface area contributed by atoms with Crippen molar-refractivity contribution in [3.05, 3.63) is 18.2 Å². The second-order valence-corrected chi connectivity index (χ2v) is 6.90. The van der Waals surface area contributed by atoms with E-state index in [1.165, 1.54) is 0 Å². The van der Waals surface area contributed by atoms with Crippen molar-refractivity contribution in [2.45, 2.75) is 58.4 Å². The van der Waals surface area contributed by atoms with E-state index in [9.17, 15) is 9.59 Å². The lowest BCUT2D eigenvalue weighted by Crippen LogP contribution is -2.45. The van der Waals surface area contributed by atoms with Crippen molar-refractivity contribution in [2.24, 2.45) is 0 Å². The maximum Gasteiger partial charge on any atom is 0.319 e. The topological polar surface area (TPSA) is 104 Å². The first-order valence-corrected chi connectivity index (χ1v) is 7.13. The summed E-state index contributed by atoms with van der Waals surface area (Å²) in [6, 6.07) is -0.414. The number of hydrogen-bond acceptors (Lipinski definition) is 4.